The Labute approximate surface area is 104 Å². The summed E-state index contributed by atoms with van der Waals surface area (Å²) in [6.07, 6.45) is 0. The van der Waals surface area contributed by atoms with E-state index in [1.54, 1.807) is 7.11 Å². The van der Waals surface area contributed by atoms with Gasteiger partial charge in [-0.15, -0.1) is 0 Å². The average molecular weight is 237 g/mol. The Kier molecular flexibility index (Phi) is 5.45. The van der Waals surface area contributed by atoms with Crippen LogP contribution in [0, 0.1) is 0 Å². The molecule has 17 heavy (non-hydrogen) atoms. The smallest absolute Gasteiger partial charge is 0.118 e. The van der Waals surface area contributed by atoms with Gasteiger partial charge >= 0.3 is 0 Å². The molecule has 0 aliphatic carbocycles. The van der Waals surface area contributed by atoms with Crippen LogP contribution in [-0.2, 0) is 11.3 Å². The normalized spacial score (nSPS) is 11.5. The van der Waals surface area contributed by atoms with Crippen molar-refractivity contribution in [3.63, 3.8) is 0 Å². The lowest BCUT2D eigenvalue weighted by atomic mass is 10.2. The molecule has 3 heteroatoms. The first kappa shape index (κ1) is 14.0. The third kappa shape index (κ3) is 6.29. The molecule has 0 radical (unpaired) electrons. The highest BCUT2D eigenvalue weighted by atomic mass is 16.5. The van der Waals surface area contributed by atoms with Gasteiger partial charge in [-0.1, -0.05) is 12.1 Å². The van der Waals surface area contributed by atoms with Crippen molar-refractivity contribution in [3.8, 4) is 5.75 Å². The number of nitrogens with one attached hydrogen (secondary N) is 1. The van der Waals surface area contributed by atoms with Gasteiger partial charge in [0.15, 0.2) is 0 Å². The Bertz CT molecular complexity index is 314. The van der Waals surface area contributed by atoms with E-state index >= 15 is 0 Å². The second-order valence-corrected chi connectivity index (χ2v) is 4.99. The van der Waals surface area contributed by atoms with Crippen LogP contribution in [0.4, 0.5) is 0 Å². The predicted molar refractivity (Wildman–Crippen MR) is 70.4 cm³/mol. The molecule has 1 aromatic carbocycles. The van der Waals surface area contributed by atoms with Gasteiger partial charge in [0.2, 0.25) is 0 Å². The van der Waals surface area contributed by atoms with Crippen LogP contribution in [0.5, 0.6) is 5.75 Å². The fourth-order valence-corrected chi connectivity index (χ4v) is 1.41. The Morgan fingerprint density at radius 3 is 2.29 bits per heavy atom. The molecule has 1 N–H and O–H groups in total. The van der Waals surface area contributed by atoms with Gasteiger partial charge in [-0.05, 0) is 38.5 Å². The molecule has 0 heterocycles. The first-order valence-corrected chi connectivity index (χ1v) is 5.99. The van der Waals surface area contributed by atoms with Crippen molar-refractivity contribution >= 4 is 0 Å². The first-order valence-electron chi connectivity index (χ1n) is 5.99. The van der Waals surface area contributed by atoms with E-state index < -0.39 is 0 Å². The molecule has 0 atom stereocenters. The van der Waals surface area contributed by atoms with Crippen LogP contribution in [0.1, 0.15) is 26.3 Å². The second-order valence-electron chi connectivity index (χ2n) is 4.99. The summed E-state index contributed by atoms with van der Waals surface area (Å²) < 4.78 is 10.7. The van der Waals surface area contributed by atoms with Crippen molar-refractivity contribution in [1.29, 1.82) is 0 Å². The zero-order chi connectivity index (χ0) is 12.7. The molecular formula is C14H23NO2. The summed E-state index contributed by atoms with van der Waals surface area (Å²) in [5.74, 6) is 0.893. The number of methoxy groups -OCH3 is 1. The minimum atomic E-state index is -0.0538. The Balaban J connectivity index is 2.18. The molecule has 0 fully saturated rings. The van der Waals surface area contributed by atoms with Crippen LogP contribution in [0.15, 0.2) is 24.3 Å². The number of benzene rings is 1. The van der Waals surface area contributed by atoms with E-state index in [0.717, 1.165) is 25.4 Å². The van der Waals surface area contributed by atoms with Gasteiger partial charge in [0.1, 0.15) is 5.75 Å². The van der Waals surface area contributed by atoms with Crippen LogP contribution in [0.2, 0.25) is 0 Å². The molecule has 1 rings (SSSR count). The second kappa shape index (κ2) is 6.62. The van der Waals surface area contributed by atoms with Crippen LogP contribution in [0.3, 0.4) is 0 Å². The summed E-state index contributed by atoms with van der Waals surface area (Å²) in [4.78, 5) is 0. The lowest BCUT2D eigenvalue weighted by Gasteiger charge is -2.19. The lowest BCUT2D eigenvalue weighted by Crippen LogP contribution is -2.26. The Morgan fingerprint density at radius 2 is 1.76 bits per heavy atom. The van der Waals surface area contributed by atoms with E-state index in [0.29, 0.717) is 0 Å². The number of ether oxygens (including phenoxy) is 2. The van der Waals surface area contributed by atoms with Gasteiger partial charge in [-0.25, -0.2) is 0 Å². The topological polar surface area (TPSA) is 30.5 Å². The highest BCUT2D eigenvalue weighted by Gasteiger charge is 2.08. The summed E-state index contributed by atoms with van der Waals surface area (Å²) in [5.41, 5.74) is 1.20. The van der Waals surface area contributed by atoms with Crippen molar-refractivity contribution < 1.29 is 9.47 Å². The summed E-state index contributed by atoms with van der Waals surface area (Å²) >= 11 is 0. The summed E-state index contributed by atoms with van der Waals surface area (Å²) in [7, 11) is 1.68. The third-order valence-electron chi connectivity index (χ3n) is 2.30. The highest BCUT2D eigenvalue weighted by Crippen LogP contribution is 2.10. The van der Waals surface area contributed by atoms with E-state index in [4.69, 9.17) is 9.47 Å². The fourth-order valence-electron chi connectivity index (χ4n) is 1.41. The zero-order valence-corrected chi connectivity index (χ0v) is 11.2. The molecule has 0 aliphatic rings. The predicted octanol–water partition coefficient (Wildman–Crippen LogP) is 2.60. The largest absolute Gasteiger partial charge is 0.497 e. The van der Waals surface area contributed by atoms with E-state index in [9.17, 15) is 0 Å². The molecule has 0 aromatic heterocycles. The molecule has 0 saturated heterocycles. The van der Waals surface area contributed by atoms with Crippen molar-refractivity contribution in [2.75, 3.05) is 20.3 Å². The molecule has 0 aliphatic heterocycles. The monoisotopic (exact) mass is 237 g/mol. The van der Waals surface area contributed by atoms with Crippen molar-refractivity contribution in [1.82, 2.24) is 5.32 Å². The maximum atomic E-state index is 5.62. The number of hydrogen-bond donors (Lipinski definition) is 1. The molecular weight excluding hydrogens is 214 g/mol. The average Bonchev–Trinajstić information content (AvgIpc) is 2.28. The minimum Gasteiger partial charge on any atom is -0.497 e. The van der Waals surface area contributed by atoms with E-state index in [2.05, 4.69) is 38.2 Å². The molecule has 3 nitrogen and oxygen atoms in total. The fraction of sp³-hybridized carbons (Fsp3) is 0.571. The van der Waals surface area contributed by atoms with Gasteiger partial charge < -0.3 is 14.8 Å². The molecule has 0 unspecified atom stereocenters. The maximum Gasteiger partial charge on any atom is 0.118 e. The van der Waals surface area contributed by atoms with E-state index in [-0.39, 0.29) is 5.60 Å². The molecule has 1 aromatic rings. The SMILES string of the molecule is COc1ccc(CNCCOC(C)(C)C)cc1. The highest BCUT2D eigenvalue weighted by molar-refractivity contribution is 5.26. The molecule has 0 saturated carbocycles. The van der Waals surface area contributed by atoms with Crippen molar-refractivity contribution in [2.24, 2.45) is 0 Å². The number of hydrogen-bond acceptors (Lipinski definition) is 3. The third-order valence-corrected chi connectivity index (χ3v) is 2.30. The van der Waals surface area contributed by atoms with Gasteiger partial charge in [0.05, 0.1) is 19.3 Å². The van der Waals surface area contributed by atoms with E-state index in [1.165, 1.54) is 5.56 Å². The summed E-state index contributed by atoms with van der Waals surface area (Å²) in [6, 6.07) is 8.08. The van der Waals surface area contributed by atoms with Gasteiger partial charge in [0.25, 0.3) is 0 Å². The quantitative estimate of drug-likeness (QED) is 0.771. The van der Waals surface area contributed by atoms with Gasteiger partial charge in [-0.2, -0.15) is 0 Å². The molecule has 96 valence electrons. The van der Waals surface area contributed by atoms with Crippen LogP contribution in [0.25, 0.3) is 0 Å². The first-order chi connectivity index (χ1) is 8.01. The van der Waals surface area contributed by atoms with Crippen LogP contribution < -0.4 is 10.1 Å². The summed E-state index contributed by atoms with van der Waals surface area (Å²) in [6.45, 7) is 8.66. The van der Waals surface area contributed by atoms with Gasteiger partial charge in [-0.3, -0.25) is 0 Å². The Hall–Kier alpha value is -1.06. The lowest BCUT2D eigenvalue weighted by molar-refractivity contribution is -0.000885. The van der Waals surface area contributed by atoms with Crippen molar-refractivity contribution in [2.45, 2.75) is 32.9 Å². The Morgan fingerprint density at radius 1 is 1.12 bits per heavy atom. The standard InChI is InChI=1S/C14H23NO2/c1-14(2,3)17-10-9-15-11-12-5-7-13(16-4)8-6-12/h5-8,15H,9-11H2,1-4H3. The van der Waals surface area contributed by atoms with E-state index in [1.807, 2.05) is 12.1 Å². The molecule has 0 spiro atoms. The van der Waals surface area contributed by atoms with Gasteiger partial charge in [0, 0.05) is 13.1 Å². The maximum absolute atomic E-state index is 5.62. The zero-order valence-electron chi connectivity index (χ0n) is 11.2. The van der Waals surface area contributed by atoms with Crippen LogP contribution >= 0.6 is 0 Å². The summed E-state index contributed by atoms with van der Waals surface area (Å²) in [5, 5.41) is 3.35. The molecule has 0 bridgehead atoms. The number of rotatable bonds is 6. The van der Waals surface area contributed by atoms with Crippen molar-refractivity contribution in [3.05, 3.63) is 29.8 Å². The van der Waals surface area contributed by atoms with Crippen LogP contribution in [-0.4, -0.2) is 25.9 Å². The molecule has 0 amide bonds. The minimum absolute atomic E-state index is 0.0538.